The van der Waals surface area contributed by atoms with Crippen LogP contribution in [0.15, 0.2) is 18.3 Å². The predicted octanol–water partition coefficient (Wildman–Crippen LogP) is 3.91. The van der Waals surface area contributed by atoms with Crippen LogP contribution in [0.3, 0.4) is 0 Å². The van der Waals surface area contributed by atoms with Crippen molar-refractivity contribution >= 4 is 11.6 Å². The number of benzene rings is 1. The monoisotopic (exact) mass is 286 g/mol. The fourth-order valence-electron chi connectivity index (χ4n) is 2.16. The van der Waals surface area contributed by atoms with Crippen LogP contribution in [-0.2, 0) is 5.88 Å². The number of hydrogen-bond donors (Lipinski definition) is 0. The van der Waals surface area contributed by atoms with Crippen LogP contribution in [0.5, 0.6) is 0 Å². The first-order valence-corrected chi connectivity index (χ1v) is 6.43. The van der Waals surface area contributed by atoms with Gasteiger partial charge in [-0.2, -0.15) is 5.10 Å². The van der Waals surface area contributed by atoms with Gasteiger partial charge in [-0.3, -0.25) is 0 Å². The molecule has 0 amide bonds. The number of aromatic nitrogens is 2. The number of nitrogens with zero attached hydrogens (tertiary/aromatic N) is 2. The first-order chi connectivity index (χ1) is 9.11. The van der Waals surface area contributed by atoms with Crippen molar-refractivity contribution in [2.45, 2.75) is 24.6 Å². The van der Waals surface area contributed by atoms with Gasteiger partial charge in [0.15, 0.2) is 17.5 Å². The summed E-state index contributed by atoms with van der Waals surface area (Å²) in [4.78, 5) is 0. The van der Waals surface area contributed by atoms with Crippen LogP contribution in [0.2, 0.25) is 0 Å². The van der Waals surface area contributed by atoms with E-state index in [4.69, 9.17) is 11.6 Å². The van der Waals surface area contributed by atoms with E-state index in [-0.39, 0.29) is 11.6 Å². The number of rotatable bonds is 3. The van der Waals surface area contributed by atoms with E-state index in [0.717, 1.165) is 36.2 Å². The van der Waals surface area contributed by atoms with Crippen LogP contribution in [0.25, 0.3) is 5.69 Å². The molecule has 1 saturated carbocycles. The molecule has 3 rings (SSSR count). The van der Waals surface area contributed by atoms with Gasteiger partial charge in [-0.05, 0) is 12.8 Å². The van der Waals surface area contributed by atoms with Crippen molar-refractivity contribution in [2.24, 2.45) is 0 Å². The van der Waals surface area contributed by atoms with E-state index in [1.54, 1.807) is 6.20 Å². The van der Waals surface area contributed by atoms with Crippen LogP contribution >= 0.6 is 11.6 Å². The van der Waals surface area contributed by atoms with Gasteiger partial charge >= 0.3 is 0 Å². The third-order valence-corrected chi connectivity index (χ3v) is 3.50. The molecule has 2 aromatic rings. The second-order valence-corrected chi connectivity index (χ2v) is 4.87. The minimum absolute atomic E-state index is 0.176. The van der Waals surface area contributed by atoms with E-state index in [1.165, 1.54) is 4.68 Å². The Hall–Kier alpha value is -1.49. The lowest BCUT2D eigenvalue weighted by Crippen LogP contribution is -2.05. The maximum Gasteiger partial charge on any atom is 0.194 e. The molecule has 0 atom stereocenters. The summed E-state index contributed by atoms with van der Waals surface area (Å²) in [6, 6.07) is 1.88. The predicted molar refractivity (Wildman–Crippen MR) is 65.0 cm³/mol. The summed E-state index contributed by atoms with van der Waals surface area (Å²) in [6.45, 7) is 0. The maximum absolute atomic E-state index is 13.3. The molecule has 1 heterocycles. The molecule has 0 bridgehead atoms. The molecule has 1 aliphatic rings. The quantitative estimate of drug-likeness (QED) is 0.618. The molecule has 100 valence electrons. The number of halogens is 4. The summed E-state index contributed by atoms with van der Waals surface area (Å²) in [6.07, 6.45) is 3.59. The summed E-state index contributed by atoms with van der Waals surface area (Å²) >= 11 is 5.83. The van der Waals surface area contributed by atoms with Crippen molar-refractivity contribution < 1.29 is 13.2 Å². The van der Waals surface area contributed by atoms with Crippen LogP contribution in [-0.4, -0.2) is 9.78 Å². The maximum atomic E-state index is 13.3. The van der Waals surface area contributed by atoms with Gasteiger partial charge in [0.05, 0.1) is 23.5 Å². The summed E-state index contributed by atoms with van der Waals surface area (Å²) < 4.78 is 41.0. The Bertz CT molecular complexity index is 612. The lowest BCUT2D eigenvalue weighted by molar-refractivity contribution is 0.445. The molecule has 19 heavy (non-hydrogen) atoms. The molecule has 1 aliphatic carbocycles. The fourth-order valence-corrected chi connectivity index (χ4v) is 2.36. The molecule has 1 aromatic heterocycles. The minimum Gasteiger partial charge on any atom is -0.237 e. The molecule has 0 unspecified atom stereocenters. The second-order valence-electron chi connectivity index (χ2n) is 4.60. The zero-order valence-electron chi connectivity index (χ0n) is 9.84. The average molecular weight is 287 g/mol. The third-order valence-electron chi connectivity index (χ3n) is 3.21. The molecule has 1 aromatic carbocycles. The Morgan fingerprint density at radius 3 is 2.37 bits per heavy atom. The molecule has 0 radical (unpaired) electrons. The van der Waals surface area contributed by atoms with Crippen molar-refractivity contribution in [2.75, 3.05) is 0 Å². The normalized spacial score (nSPS) is 14.9. The summed E-state index contributed by atoms with van der Waals surface area (Å²) in [5.41, 5.74) is 1.88. The van der Waals surface area contributed by atoms with Crippen LogP contribution < -0.4 is 0 Å². The smallest absolute Gasteiger partial charge is 0.194 e. The lowest BCUT2D eigenvalue weighted by Gasteiger charge is -2.09. The Balaban J connectivity index is 2.14. The van der Waals surface area contributed by atoms with Gasteiger partial charge in [-0.1, -0.05) is 0 Å². The Kier molecular flexibility index (Phi) is 3.01. The number of alkyl halides is 1. The Labute approximate surface area is 112 Å². The Morgan fingerprint density at radius 1 is 1.21 bits per heavy atom. The van der Waals surface area contributed by atoms with E-state index in [9.17, 15) is 13.2 Å². The van der Waals surface area contributed by atoms with Gasteiger partial charge in [-0.15, -0.1) is 11.6 Å². The highest BCUT2D eigenvalue weighted by Gasteiger charge is 2.30. The van der Waals surface area contributed by atoms with E-state index in [1.807, 2.05) is 0 Å². The highest BCUT2D eigenvalue weighted by molar-refractivity contribution is 6.17. The van der Waals surface area contributed by atoms with E-state index in [0.29, 0.717) is 5.92 Å². The highest BCUT2D eigenvalue weighted by atomic mass is 35.5. The zero-order valence-corrected chi connectivity index (χ0v) is 10.6. The van der Waals surface area contributed by atoms with Crippen molar-refractivity contribution in [3.63, 3.8) is 0 Å². The second kappa shape index (κ2) is 4.56. The molecule has 6 heteroatoms. The molecule has 0 aliphatic heterocycles. The van der Waals surface area contributed by atoms with Crippen LogP contribution in [0.4, 0.5) is 13.2 Å². The van der Waals surface area contributed by atoms with Gasteiger partial charge in [0, 0.05) is 23.6 Å². The molecule has 0 spiro atoms. The standard InChI is InChI=1S/C13H10ClF3N2/c14-5-8-6-18-19(13(8)7-1-2-7)9-3-10(15)12(17)11(16)4-9/h3-4,6-7H,1-2,5H2. The molecule has 1 fully saturated rings. The topological polar surface area (TPSA) is 17.8 Å². The third kappa shape index (κ3) is 2.12. The van der Waals surface area contributed by atoms with E-state index in [2.05, 4.69) is 5.10 Å². The average Bonchev–Trinajstić information content (AvgIpc) is 3.14. The zero-order chi connectivity index (χ0) is 13.6. The molecular weight excluding hydrogens is 277 g/mol. The summed E-state index contributed by atoms with van der Waals surface area (Å²) in [7, 11) is 0. The summed E-state index contributed by atoms with van der Waals surface area (Å²) in [5, 5.41) is 4.11. The van der Waals surface area contributed by atoms with Gasteiger partial charge < -0.3 is 0 Å². The molecular formula is C13H10ClF3N2. The first-order valence-electron chi connectivity index (χ1n) is 5.89. The Morgan fingerprint density at radius 2 is 1.84 bits per heavy atom. The van der Waals surface area contributed by atoms with Gasteiger partial charge in [-0.25, -0.2) is 17.9 Å². The van der Waals surface area contributed by atoms with Crippen molar-refractivity contribution in [1.29, 1.82) is 0 Å². The lowest BCUT2D eigenvalue weighted by atomic mass is 10.2. The van der Waals surface area contributed by atoms with Crippen LogP contribution in [0.1, 0.15) is 30.0 Å². The first kappa shape index (κ1) is 12.5. The van der Waals surface area contributed by atoms with Crippen molar-refractivity contribution in [1.82, 2.24) is 9.78 Å². The summed E-state index contributed by atoms with van der Waals surface area (Å²) in [5.74, 6) is -3.31. The molecule has 0 saturated heterocycles. The van der Waals surface area contributed by atoms with E-state index < -0.39 is 17.5 Å². The SMILES string of the molecule is Fc1cc(-n2ncc(CCl)c2C2CC2)cc(F)c1F. The van der Waals surface area contributed by atoms with Crippen molar-refractivity contribution in [3.8, 4) is 5.69 Å². The van der Waals surface area contributed by atoms with Crippen molar-refractivity contribution in [3.05, 3.63) is 47.0 Å². The largest absolute Gasteiger partial charge is 0.237 e. The molecule has 0 N–H and O–H groups in total. The van der Waals surface area contributed by atoms with Gasteiger partial charge in [0.25, 0.3) is 0 Å². The van der Waals surface area contributed by atoms with Gasteiger partial charge in [0.2, 0.25) is 0 Å². The number of hydrogen-bond acceptors (Lipinski definition) is 1. The van der Waals surface area contributed by atoms with Crippen LogP contribution in [0, 0.1) is 17.5 Å². The van der Waals surface area contributed by atoms with E-state index >= 15 is 0 Å². The molecule has 2 nitrogen and oxygen atoms in total. The highest BCUT2D eigenvalue weighted by Crippen LogP contribution is 2.42. The minimum atomic E-state index is -1.47. The fraction of sp³-hybridized carbons (Fsp3) is 0.308. The van der Waals surface area contributed by atoms with Gasteiger partial charge in [0.1, 0.15) is 0 Å².